The van der Waals surface area contributed by atoms with E-state index in [1.54, 1.807) is 6.07 Å². The number of hydrogen-bond acceptors (Lipinski definition) is 7. The van der Waals surface area contributed by atoms with E-state index in [0.29, 0.717) is 55.7 Å². The van der Waals surface area contributed by atoms with Gasteiger partial charge in [0.2, 0.25) is 5.91 Å². The molecule has 1 aromatic heterocycles. The second kappa shape index (κ2) is 10.9. The van der Waals surface area contributed by atoms with Crippen molar-refractivity contribution in [3.05, 3.63) is 66.5 Å². The molecule has 9 heteroatoms. The quantitative estimate of drug-likeness (QED) is 0.341. The lowest BCUT2D eigenvalue weighted by atomic mass is 10.2. The number of anilines is 2. The Morgan fingerprint density at radius 3 is 2.67 bits per heavy atom. The van der Waals surface area contributed by atoms with E-state index in [4.69, 9.17) is 9.47 Å². The van der Waals surface area contributed by atoms with Crippen LogP contribution in [0.5, 0.6) is 11.5 Å². The number of fused-ring (bicyclic) bond motifs is 1. The highest BCUT2D eigenvalue weighted by molar-refractivity contribution is 7.99. The third-order valence-electron chi connectivity index (χ3n) is 4.99. The molecule has 0 unspecified atom stereocenters. The average molecular weight is 466 g/mol. The molecule has 172 valence electrons. The first-order valence-electron chi connectivity index (χ1n) is 10.8. The molecule has 2 aromatic carbocycles. The van der Waals surface area contributed by atoms with Crippen LogP contribution in [-0.4, -0.2) is 39.6 Å². The summed E-state index contributed by atoms with van der Waals surface area (Å²) in [6.45, 7) is 8.10. The Morgan fingerprint density at radius 1 is 1.12 bits per heavy atom. The van der Waals surface area contributed by atoms with Gasteiger partial charge in [0.1, 0.15) is 13.2 Å². The highest BCUT2D eigenvalue weighted by Crippen LogP contribution is 2.32. The van der Waals surface area contributed by atoms with Crippen LogP contribution in [0.4, 0.5) is 11.4 Å². The number of aromatic nitrogens is 3. The fraction of sp³-hybridized carbons (Fsp3) is 0.292. The van der Waals surface area contributed by atoms with Gasteiger partial charge in [-0.2, -0.15) is 0 Å². The second-order valence-electron chi connectivity index (χ2n) is 7.52. The summed E-state index contributed by atoms with van der Waals surface area (Å²) in [5.41, 5.74) is 2.93. The predicted molar refractivity (Wildman–Crippen MR) is 130 cm³/mol. The van der Waals surface area contributed by atoms with Crippen molar-refractivity contribution >= 4 is 29.0 Å². The summed E-state index contributed by atoms with van der Waals surface area (Å²) in [6, 6.07) is 13.6. The molecule has 0 atom stereocenters. The van der Waals surface area contributed by atoms with Crippen molar-refractivity contribution in [3.8, 4) is 11.5 Å². The average Bonchev–Trinajstić information content (AvgIpc) is 3.20. The molecule has 4 rings (SSSR count). The molecule has 0 spiro atoms. The van der Waals surface area contributed by atoms with Crippen molar-refractivity contribution in [3.63, 3.8) is 0 Å². The Labute approximate surface area is 197 Å². The van der Waals surface area contributed by atoms with Crippen LogP contribution in [0.3, 0.4) is 0 Å². The maximum atomic E-state index is 12.4. The van der Waals surface area contributed by atoms with Crippen molar-refractivity contribution in [2.24, 2.45) is 0 Å². The number of amides is 1. The molecule has 0 saturated heterocycles. The molecule has 3 aromatic rings. The Balaban J connectivity index is 1.29. The van der Waals surface area contributed by atoms with E-state index >= 15 is 0 Å². The molecule has 0 bridgehead atoms. The first kappa shape index (κ1) is 22.7. The molecule has 1 amide bonds. The highest BCUT2D eigenvalue weighted by atomic mass is 32.2. The summed E-state index contributed by atoms with van der Waals surface area (Å²) in [6.07, 6.45) is 2.16. The van der Waals surface area contributed by atoms with Gasteiger partial charge in [-0.15, -0.1) is 16.8 Å². The molecule has 2 N–H and O–H groups in total. The van der Waals surface area contributed by atoms with Gasteiger partial charge < -0.3 is 24.7 Å². The van der Waals surface area contributed by atoms with E-state index in [2.05, 4.69) is 46.5 Å². The van der Waals surface area contributed by atoms with Gasteiger partial charge in [0.25, 0.3) is 0 Å². The molecule has 8 nitrogen and oxygen atoms in total. The Hall–Kier alpha value is -3.46. The third kappa shape index (κ3) is 6.07. The molecular formula is C24H27N5O3S. The number of carbonyl (C=O) groups excluding carboxylic acids is 1. The molecule has 0 saturated carbocycles. The summed E-state index contributed by atoms with van der Waals surface area (Å²) in [5.74, 6) is 2.67. The number of aryl methyl sites for hydroxylation is 1. The van der Waals surface area contributed by atoms with Crippen molar-refractivity contribution in [2.45, 2.75) is 31.6 Å². The van der Waals surface area contributed by atoms with Crippen molar-refractivity contribution < 1.29 is 14.3 Å². The van der Waals surface area contributed by atoms with E-state index in [-0.39, 0.29) is 5.91 Å². The Morgan fingerprint density at radius 2 is 1.88 bits per heavy atom. The summed E-state index contributed by atoms with van der Waals surface area (Å²) >= 11 is 1.50. The fourth-order valence-corrected chi connectivity index (χ4v) is 4.21. The molecular weight excluding hydrogens is 438 g/mol. The van der Waals surface area contributed by atoms with Gasteiger partial charge in [-0.05, 0) is 31.2 Å². The van der Waals surface area contributed by atoms with Gasteiger partial charge >= 0.3 is 0 Å². The van der Waals surface area contributed by atoms with Crippen LogP contribution in [-0.2, 0) is 17.9 Å². The van der Waals surface area contributed by atoms with Gasteiger partial charge in [-0.25, -0.2) is 0 Å². The lowest BCUT2D eigenvalue weighted by molar-refractivity contribution is -0.115. The van der Waals surface area contributed by atoms with Crippen LogP contribution < -0.4 is 20.1 Å². The van der Waals surface area contributed by atoms with Crippen molar-refractivity contribution in [1.82, 2.24) is 14.8 Å². The number of allylic oxidation sites excluding steroid dienone is 1. The summed E-state index contributed by atoms with van der Waals surface area (Å²) in [5, 5.41) is 15.7. The Bertz CT molecular complexity index is 1110. The lowest BCUT2D eigenvalue weighted by Gasteiger charge is -2.19. The van der Waals surface area contributed by atoms with Gasteiger partial charge in [0.05, 0.1) is 6.54 Å². The molecule has 0 radical (unpaired) electrons. The fourth-order valence-electron chi connectivity index (χ4n) is 3.30. The van der Waals surface area contributed by atoms with Crippen LogP contribution in [0.15, 0.2) is 60.3 Å². The van der Waals surface area contributed by atoms with E-state index in [0.717, 1.165) is 16.7 Å². The van der Waals surface area contributed by atoms with Crippen LogP contribution >= 0.6 is 11.8 Å². The standard InChI is InChI=1S/C24H27N5O3S/c1-3-11-29-22(16-25-18-6-4-17(2)5-7-18)27-28-24(29)33-14-10-23(30)26-19-8-9-20-21(15-19)32-13-12-31-20/h3-9,15,25H,1,10-14,16H2,2H3,(H,26,30). The summed E-state index contributed by atoms with van der Waals surface area (Å²) < 4.78 is 13.1. The van der Waals surface area contributed by atoms with Crippen LogP contribution in [0.2, 0.25) is 0 Å². The monoisotopic (exact) mass is 465 g/mol. The maximum absolute atomic E-state index is 12.4. The van der Waals surface area contributed by atoms with Gasteiger partial charge in [0, 0.05) is 36.2 Å². The highest BCUT2D eigenvalue weighted by Gasteiger charge is 2.14. The van der Waals surface area contributed by atoms with Crippen LogP contribution in [0.25, 0.3) is 0 Å². The van der Waals surface area contributed by atoms with Gasteiger partial charge in [-0.1, -0.05) is 35.5 Å². The molecule has 2 heterocycles. The number of nitrogens with zero attached hydrogens (tertiary/aromatic N) is 3. The molecule has 1 aliphatic rings. The number of nitrogens with one attached hydrogen (secondary N) is 2. The molecule has 0 aliphatic carbocycles. The summed E-state index contributed by atoms with van der Waals surface area (Å²) in [7, 11) is 0. The summed E-state index contributed by atoms with van der Waals surface area (Å²) in [4.78, 5) is 12.4. The van der Waals surface area contributed by atoms with E-state index in [1.807, 2.05) is 34.9 Å². The van der Waals surface area contributed by atoms with Gasteiger partial charge in [-0.3, -0.25) is 4.79 Å². The Kier molecular flexibility index (Phi) is 7.51. The van der Waals surface area contributed by atoms with Crippen LogP contribution in [0.1, 0.15) is 17.8 Å². The lowest BCUT2D eigenvalue weighted by Crippen LogP contribution is -2.16. The van der Waals surface area contributed by atoms with E-state index in [9.17, 15) is 4.79 Å². The molecule has 0 fully saturated rings. The van der Waals surface area contributed by atoms with Crippen molar-refractivity contribution in [1.29, 1.82) is 0 Å². The first-order chi connectivity index (χ1) is 16.1. The number of rotatable bonds is 10. The number of carbonyl (C=O) groups is 1. The SMILES string of the molecule is C=CCn1c(CNc2ccc(C)cc2)nnc1SCCC(=O)Nc1ccc2c(c1)OCCO2. The number of hydrogen-bond donors (Lipinski definition) is 2. The zero-order chi connectivity index (χ0) is 23.0. The second-order valence-corrected chi connectivity index (χ2v) is 8.58. The minimum Gasteiger partial charge on any atom is -0.486 e. The smallest absolute Gasteiger partial charge is 0.225 e. The zero-order valence-electron chi connectivity index (χ0n) is 18.5. The van der Waals surface area contributed by atoms with E-state index < -0.39 is 0 Å². The van der Waals surface area contributed by atoms with Gasteiger partial charge in [0.15, 0.2) is 22.5 Å². The molecule has 1 aliphatic heterocycles. The largest absolute Gasteiger partial charge is 0.486 e. The zero-order valence-corrected chi connectivity index (χ0v) is 19.4. The number of ether oxygens (including phenoxy) is 2. The maximum Gasteiger partial charge on any atom is 0.225 e. The minimum atomic E-state index is -0.0739. The predicted octanol–water partition coefficient (Wildman–Crippen LogP) is 4.28. The van der Waals surface area contributed by atoms with Crippen LogP contribution in [0, 0.1) is 6.92 Å². The first-order valence-corrected chi connectivity index (χ1v) is 11.8. The third-order valence-corrected chi connectivity index (χ3v) is 5.96. The van der Waals surface area contributed by atoms with Crippen molar-refractivity contribution in [2.75, 3.05) is 29.6 Å². The number of thioether (sulfide) groups is 1. The topological polar surface area (TPSA) is 90.3 Å². The number of benzene rings is 2. The molecule has 33 heavy (non-hydrogen) atoms. The minimum absolute atomic E-state index is 0.0739. The van der Waals surface area contributed by atoms with E-state index in [1.165, 1.54) is 17.3 Å². The normalized spacial score (nSPS) is 12.3.